The number of rotatable bonds is 14. The summed E-state index contributed by atoms with van der Waals surface area (Å²) < 4.78 is 24.0. The number of ether oxygens (including phenoxy) is 4. The summed E-state index contributed by atoms with van der Waals surface area (Å²) >= 11 is 13.7. The summed E-state index contributed by atoms with van der Waals surface area (Å²) in [6, 6.07) is 12.9. The Labute approximate surface area is 254 Å². The Bertz CT molecular complexity index is 1470. The lowest BCUT2D eigenvalue weighted by Gasteiger charge is -2.13. The summed E-state index contributed by atoms with van der Waals surface area (Å²) in [5.41, 5.74) is 4.19. The lowest BCUT2D eigenvalue weighted by Crippen LogP contribution is -2.25. The standard InChI is InChI=1S/C30H33Cl2N3O5S/c1-19-24(30(36)33-9-5-11-37-2)16-26(35(19)10-8-20-6-7-27(38-3)28(12-20)39-4)25-18-41-29(34-25)17-40-23-14-21(31)13-22(32)15-23/h6-7,12-16,18H,5,8-11,17H2,1-4H3,(H,33,36). The molecule has 0 aliphatic carbocycles. The van der Waals surface area contributed by atoms with Gasteiger partial charge in [0.15, 0.2) is 11.5 Å². The van der Waals surface area contributed by atoms with Crippen LogP contribution in [-0.2, 0) is 24.3 Å². The van der Waals surface area contributed by atoms with E-state index in [-0.39, 0.29) is 12.5 Å². The van der Waals surface area contributed by atoms with Crippen LogP contribution in [0.15, 0.2) is 47.8 Å². The Morgan fingerprint density at radius 2 is 1.78 bits per heavy atom. The van der Waals surface area contributed by atoms with E-state index >= 15 is 0 Å². The number of benzene rings is 2. The van der Waals surface area contributed by atoms with Crippen molar-refractivity contribution in [3.05, 3.63) is 79.7 Å². The van der Waals surface area contributed by atoms with Gasteiger partial charge >= 0.3 is 0 Å². The van der Waals surface area contributed by atoms with Crippen molar-refractivity contribution in [3.63, 3.8) is 0 Å². The van der Waals surface area contributed by atoms with E-state index in [4.69, 9.17) is 47.1 Å². The fourth-order valence-electron chi connectivity index (χ4n) is 4.42. The maximum Gasteiger partial charge on any atom is 0.253 e. The Morgan fingerprint density at radius 1 is 1.02 bits per heavy atom. The molecular weight excluding hydrogens is 585 g/mol. The zero-order chi connectivity index (χ0) is 29.4. The van der Waals surface area contributed by atoms with E-state index in [1.165, 1.54) is 11.3 Å². The van der Waals surface area contributed by atoms with Crippen molar-refractivity contribution < 1.29 is 23.7 Å². The van der Waals surface area contributed by atoms with Gasteiger partial charge in [-0.15, -0.1) is 11.3 Å². The molecule has 0 fully saturated rings. The number of thiazole rings is 1. The van der Waals surface area contributed by atoms with Crippen molar-refractivity contribution in [2.45, 2.75) is 32.9 Å². The maximum absolute atomic E-state index is 13.1. The summed E-state index contributed by atoms with van der Waals surface area (Å²) in [7, 11) is 4.89. The maximum atomic E-state index is 13.1. The summed E-state index contributed by atoms with van der Waals surface area (Å²) in [6.45, 7) is 3.98. The molecule has 4 aromatic rings. The van der Waals surface area contributed by atoms with Gasteiger partial charge in [-0.25, -0.2) is 4.98 Å². The highest BCUT2D eigenvalue weighted by atomic mass is 35.5. The first-order chi connectivity index (χ1) is 19.8. The molecule has 0 aliphatic heterocycles. The third kappa shape index (κ3) is 7.95. The van der Waals surface area contributed by atoms with Crippen molar-refractivity contribution >= 4 is 40.4 Å². The number of halogens is 2. The molecule has 8 nitrogen and oxygen atoms in total. The molecule has 2 heterocycles. The zero-order valence-corrected chi connectivity index (χ0v) is 25.8. The van der Waals surface area contributed by atoms with Gasteiger partial charge in [-0.05, 0) is 61.7 Å². The molecule has 0 atom stereocenters. The predicted octanol–water partition coefficient (Wildman–Crippen LogP) is 6.83. The van der Waals surface area contributed by atoms with Crippen LogP contribution in [0.5, 0.6) is 17.2 Å². The van der Waals surface area contributed by atoms with Gasteiger partial charge in [0, 0.05) is 47.9 Å². The van der Waals surface area contributed by atoms with Crippen LogP contribution in [0, 0.1) is 6.92 Å². The lowest BCUT2D eigenvalue weighted by molar-refractivity contribution is 0.0948. The van der Waals surface area contributed by atoms with Gasteiger partial charge in [-0.2, -0.15) is 0 Å². The molecule has 0 saturated heterocycles. The summed E-state index contributed by atoms with van der Waals surface area (Å²) in [6.07, 6.45) is 1.45. The first-order valence-electron chi connectivity index (χ1n) is 13.0. The van der Waals surface area contributed by atoms with Gasteiger partial charge in [0.1, 0.15) is 17.4 Å². The van der Waals surface area contributed by atoms with E-state index in [0.29, 0.717) is 59.0 Å². The second-order valence-corrected chi connectivity index (χ2v) is 11.1. The largest absolute Gasteiger partial charge is 0.493 e. The quantitative estimate of drug-likeness (QED) is 0.156. The highest BCUT2D eigenvalue weighted by Crippen LogP contribution is 2.31. The summed E-state index contributed by atoms with van der Waals surface area (Å²) in [5.74, 6) is 1.80. The fourth-order valence-corrected chi connectivity index (χ4v) is 5.62. The van der Waals surface area contributed by atoms with Crippen molar-refractivity contribution in [3.8, 4) is 28.6 Å². The van der Waals surface area contributed by atoms with Gasteiger partial charge in [0.2, 0.25) is 0 Å². The molecule has 4 rings (SSSR count). The number of hydrogen-bond donors (Lipinski definition) is 1. The van der Waals surface area contributed by atoms with Crippen LogP contribution >= 0.6 is 34.5 Å². The smallest absolute Gasteiger partial charge is 0.253 e. The van der Waals surface area contributed by atoms with Crippen LogP contribution < -0.4 is 19.5 Å². The Hall–Kier alpha value is -3.24. The van der Waals surface area contributed by atoms with Crippen LogP contribution in [0.3, 0.4) is 0 Å². The number of nitrogens with zero attached hydrogens (tertiary/aromatic N) is 2. The molecule has 2 aromatic carbocycles. The monoisotopic (exact) mass is 617 g/mol. The number of amides is 1. The molecule has 0 unspecified atom stereocenters. The molecule has 0 bridgehead atoms. The summed E-state index contributed by atoms with van der Waals surface area (Å²) in [5, 5.41) is 6.77. The van der Waals surface area contributed by atoms with E-state index in [1.54, 1.807) is 39.5 Å². The third-order valence-corrected chi connectivity index (χ3v) is 7.77. The normalized spacial score (nSPS) is 11.0. The number of methoxy groups -OCH3 is 3. The van der Waals surface area contributed by atoms with E-state index < -0.39 is 0 Å². The average Bonchev–Trinajstić information content (AvgIpc) is 3.56. The molecule has 0 radical (unpaired) electrons. The molecule has 2 aromatic heterocycles. The van der Waals surface area contributed by atoms with E-state index in [2.05, 4.69) is 9.88 Å². The van der Waals surface area contributed by atoms with Crippen LogP contribution in [0.4, 0.5) is 0 Å². The van der Waals surface area contributed by atoms with Gasteiger partial charge in [-0.1, -0.05) is 29.3 Å². The van der Waals surface area contributed by atoms with Gasteiger partial charge in [0.05, 0.1) is 31.2 Å². The molecular formula is C30H33Cl2N3O5S. The van der Waals surface area contributed by atoms with Gasteiger partial charge < -0.3 is 28.8 Å². The SMILES string of the molecule is COCCCNC(=O)c1cc(-c2csc(COc3cc(Cl)cc(Cl)c3)n2)n(CCc2ccc(OC)c(OC)c2)c1C. The number of hydrogen-bond acceptors (Lipinski definition) is 7. The van der Waals surface area contributed by atoms with Gasteiger partial charge in [-0.3, -0.25) is 4.79 Å². The minimum absolute atomic E-state index is 0.124. The second-order valence-electron chi connectivity index (χ2n) is 9.24. The molecule has 218 valence electrons. The number of nitrogens with one attached hydrogen (secondary N) is 1. The molecule has 0 spiro atoms. The van der Waals surface area contributed by atoms with Crippen molar-refractivity contribution in [2.75, 3.05) is 34.5 Å². The van der Waals surface area contributed by atoms with Crippen molar-refractivity contribution in [1.82, 2.24) is 14.9 Å². The molecule has 41 heavy (non-hydrogen) atoms. The first kappa shape index (κ1) is 30.7. The lowest BCUT2D eigenvalue weighted by atomic mass is 10.1. The Morgan fingerprint density at radius 3 is 2.49 bits per heavy atom. The number of aromatic nitrogens is 2. The average molecular weight is 619 g/mol. The topological polar surface area (TPSA) is 83.8 Å². The van der Waals surface area contributed by atoms with Crippen molar-refractivity contribution in [2.24, 2.45) is 0 Å². The molecule has 0 saturated carbocycles. The molecule has 1 amide bonds. The third-order valence-electron chi connectivity index (χ3n) is 6.51. The highest BCUT2D eigenvalue weighted by molar-refractivity contribution is 7.09. The van der Waals surface area contributed by atoms with E-state index in [9.17, 15) is 4.79 Å². The molecule has 0 aliphatic rings. The van der Waals surface area contributed by atoms with Crippen LogP contribution in [0.25, 0.3) is 11.4 Å². The Kier molecular flexibility index (Phi) is 10.9. The minimum Gasteiger partial charge on any atom is -0.493 e. The minimum atomic E-state index is -0.124. The Balaban J connectivity index is 1.58. The van der Waals surface area contributed by atoms with Crippen molar-refractivity contribution in [1.29, 1.82) is 0 Å². The van der Waals surface area contributed by atoms with Gasteiger partial charge in [0.25, 0.3) is 5.91 Å². The molecule has 1 N–H and O–H groups in total. The first-order valence-corrected chi connectivity index (χ1v) is 14.7. The van der Waals surface area contributed by atoms with Crippen LogP contribution in [0.2, 0.25) is 10.0 Å². The summed E-state index contributed by atoms with van der Waals surface area (Å²) in [4.78, 5) is 17.9. The predicted molar refractivity (Wildman–Crippen MR) is 163 cm³/mol. The number of carbonyl (C=O) groups excluding carboxylic acids is 1. The number of carbonyl (C=O) groups is 1. The number of aryl methyl sites for hydroxylation is 1. The van der Waals surface area contributed by atoms with E-state index in [1.807, 2.05) is 36.6 Å². The van der Waals surface area contributed by atoms with Crippen LogP contribution in [0.1, 0.15) is 33.0 Å². The zero-order valence-electron chi connectivity index (χ0n) is 23.5. The second kappa shape index (κ2) is 14.6. The molecule has 11 heteroatoms. The van der Waals surface area contributed by atoms with Crippen LogP contribution in [-0.4, -0.2) is 49.9 Å². The van der Waals surface area contributed by atoms with E-state index in [0.717, 1.165) is 34.1 Å². The highest BCUT2D eigenvalue weighted by Gasteiger charge is 2.20. The fraction of sp³-hybridized carbons (Fsp3) is 0.333.